The Balaban J connectivity index is 2.39. The normalized spacial score (nSPS) is 23.7. The van der Waals surface area contributed by atoms with Crippen LogP contribution in [0, 0.1) is 0 Å². The Kier molecular flexibility index (Phi) is 4.29. The van der Waals surface area contributed by atoms with Gasteiger partial charge < -0.3 is 10.0 Å². The zero-order chi connectivity index (χ0) is 11.4. The standard InChI is InChI=1S/C11H20N2O2/c1-9(6-11(14)15)7-13-5-4-10(8-13)12(2)3/h6,10H,4-5,7-8H2,1-3H3,(H,14,15). The van der Waals surface area contributed by atoms with Gasteiger partial charge in [-0.2, -0.15) is 0 Å². The predicted octanol–water partition coefficient (Wildman–Crippen LogP) is 0.653. The second-order valence-electron chi connectivity index (χ2n) is 4.47. The molecule has 0 aromatic heterocycles. The number of hydrogen-bond acceptors (Lipinski definition) is 3. The summed E-state index contributed by atoms with van der Waals surface area (Å²) in [7, 11) is 4.18. The second-order valence-corrected chi connectivity index (χ2v) is 4.47. The number of carbonyl (C=O) groups is 1. The summed E-state index contributed by atoms with van der Waals surface area (Å²) in [6, 6.07) is 0.614. The van der Waals surface area contributed by atoms with Crippen molar-refractivity contribution in [2.75, 3.05) is 33.7 Å². The molecule has 1 saturated heterocycles. The molecule has 1 unspecified atom stereocenters. The maximum absolute atomic E-state index is 10.5. The van der Waals surface area contributed by atoms with Gasteiger partial charge in [0.15, 0.2) is 0 Å². The monoisotopic (exact) mass is 212 g/mol. The van der Waals surface area contributed by atoms with Crippen molar-refractivity contribution in [2.45, 2.75) is 19.4 Å². The minimum atomic E-state index is -0.851. The summed E-state index contributed by atoms with van der Waals surface area (Å²) in [5.74, 6) is -0.851. The fourth-order valence-electron chi connectivity index (χ4n) is 1.99. The number of nitrogens with zero attached hydrogens (tertiary/aromatic N) is 2. The molecule has 0 radical (unpaired) electrons. The Morgan fingerprint density at radius 3 is 2.73 bits per heavy atom. The molecule has 4 heteroatoms. The van der Waals surface area contributed by atoms with Gasteiger partial charge in [0.25, 0.3) is 0 Å². The minimum absolute atomic E-state index is 0.614. The van der Waals surface area contributed by atoms with Crippen LogP contribution in [0.15, 0.2) is 11.6 Å². The predicted molar refractivity (Wildman–Crippen MR) is 59.9 cm³/mol. The highest BCUT2D eigenvalue weighted by Crippen LogP contribution is 2.14. The van der Waals surface area contributed by atoms with Gasteiger partial charge in [-0.3, -0.25) is 4.90 Å². The third-order valence-corrected chi connectivity index (χ3v) is 2.82. The molecule has 0 aliphatic carbocycles. The van der Waals surface area contributed by atoms with Crippen molar-refractivity contribution in [2.24, 2.45) is 0 Å². The first kappa shape index (κ1) is 12.2. The van der Waals surface area contributed by atoms with Crippen molar-refractivity contribution in [3.63, 3.8) is 0 Å². The zero-order valence-corrected chi connectivity index (χ0v) is 9.73. The summed E-state index contributed by atoms with van der Waals surface area (Å²) in [6.07, 6.45) is 2.47. The zero-order valence-electron chi connectivity index (χ0n) is 9.73. The van der Waals surface area contributed by atoms with E-state index in [-0.39, 0.29) is 0 Å². The van der Waals surface area contributed by atoms with E-state index >= 15 is 0 Å². The lowest BCUT2D eigenvalue weighted by atomic mass is 10.2. The Hall–Kier alpha value is -0.870. The molecule has 1 N–H and O–H groups in total. The maximum atomic E-state index is 10.5. The van der Waals surface area contributed by atoms with Gasteiger partial charge in [-0.1, -0.05) is 5.57 Å². The molecule has 1 heterocycles. The Morgan fingerprint density at radius 2 is 2.27 bits per heavy atom. The van der Waals surface area contributed by atoms with Crippen LogP contribution in [0.1, 0.15) is 13.3 Å². The van der Waals surface area contributed by atoms with E-state index in [9.17, 15) is 4.79 Å². The molecule has 0 saturated carbocycles. The van der Waals surface area contributed by atoms with Crippen LogP contribution in [0.3, 0.4) is 0 Å². The van der Waals surface area contributed by atoms with Gasteiger partial charge in [0, 0.05) is 31.8 Å². The van der Waals surface area contributed by atoms with Crippen LogP contribution in [0.4, 0.5) is 0 Å². The van der Waals surface area contributed by atoms with Crippen LogP contribution in [0.2, 0.25) is 0 Å². The van der Waals surface area contributed by atoms with Gasteiger partial charge in [-0.05, 0) is 27.4 Å². The van der Waals surface area contributed by atoms with Crippen LogP contribution in [-0.4, -0.2) is 60.6 Å². The first-order chi connectivity index (χ1) is 6.99. The molecule has 0 aromatic rings. The van der Waals surface area contributed by atoms with E-state index in [0.717, 1.165) is 25.2 Å². The fourth-order valence-corrected chi connectivity index (χ4v) is 1.99. The third-order valence-electron chi connectivity index (χ3n) is 2.82. The SMILES string of the molecule is CC(=CC(=O)O)CN1CCC(N(C)C)C1. The topological polar surface area (TPSA) is 43.8 Å². The van der Waals surface area contributed by atoms with Crippen molar-refractivity contribution < 1.29 is 9.90 Å². The Labute approximate surface area is 91.2 Å². The third kappa shape index (κ3) is 4.01. The number of aliphatic carboxylic acids is 1. The van der Waals surface area contributed by atoms with Crippen LogP contribution in [-0.2, 0) is 4.79 Å². The van der Waals surface area contributed by atoms with E-state index < -0.39 is 5.97 Å². The summed E-state index contributed by atoms with van der Waals surface area (Å²) in [6.45, 7) is 4.75. The van der Waals surface area contributed by atoms with Gasteiger partial charge in [0.05, 0.1) is 0 Å². The molecule has 0 bridgehead atoms. The van der Waals surface area contributed by atoms with Crippen LogP contribution in [0.5, 0.6) is 0 Å². The Bertz CT molecular complexity index is 261. The van der Waals surface area contributed by atoms with E-state index in [4.69, 9.17) is 5.11 Å². The molecule has 1 rings (SSSR count). The highest BCUT2D eigenvalue weighted by Gasteiger charge is 2.23. The number of rotatable bonds is 4. The maximum Gasteiger partial charge on any atom is 0.328 e. The number of hydrogen-bond donors (Lipinski definition) is 1. The van der Waals surface area contributed by atoms with E-state index in [1.165, 1.54) is 12.5 Å². The molecule has 1 aliphatic rings. The van der Waals surface area contributed by atoms with E-state index in [0.29, 0.717) is 6.04 Å². The van der Waals surface area contributed by atoms with Gasteiger partial charge in [-0.25, -0.2) is 4.79 Å². The second kappa shape index (κ2) is 5.28. The molecule has 86 valence electrons. The molecular formula is C11H20N2O2. The summed E-state index contributed by atoms with van der Waals surface area (Å²) in [4.78, 5) is 15.0. The highest BCUT2D eigenvalue weighted by atomic mass is 16.4. The molecule has 0 spiro atoms. The number of carboxylic acids is 1. The molecule has 1 aliphatic heterocycles. The fraction of sp³-hybridized carbons (Fsp3) is 0.727. The van der Waals surface area contributed by atoms with Crippen LogP contribution < -0.4 is 0 Å². The van der Waals surface area contributed by atoms with Crippen LogP contribution >= 0.6 is 0 Å². The number of carboxylic acid groups (broad SMARTS) is 1. The molecule has 0 amide bonds. The molecule has 1 atom stereocenters. The highest BCUT2D eigenvalue weighted by molar-refractivity contribution is 5.80. The lowest BCUT2D eigenvalue weighted by molar-refractivity contribution is -0.131. The van der Waals surface area contributed by atoms with Gasteiger partial charge in [0.1, 0.15) is 0 Å². The molecule has 0 aromatic carbocycles. The summed E-state index contributed by atoms with van der Waals surface area (Å²) < 4.78 is 0. The largest absolute Gasteiger partial charge is 0.478 e. The minimum Gasteiger partial charge on any atom is -0.478 e. The average Bonchev–Trinajstić information content (AvgIpc) is 2.50. The number of likely N-dealkylation sites (N-methyl/N-ethyl adjacent to an activating group) is 1. The van der Waals surface area contributed by atoms with E-state index in [2.05, 4.69) is 23.9 Å². The summed E-state index contributed by atoms with van der Waals surface area (Å²) in [5, 5.41) is 8.59. The van der Waals surface area contributed by atoms with E-state index in [1.54, 1.807) is 0 Å². The van der Waals surface area contributed by atoms with Crippen molar-refractivity contribution >= 4 is 5.97 Å². The van der Waals surface area contributed by atoms with Crippen molar-refractivity contribution in [3.05, 3.63) is 11.6 Å². The quantitative estimate of drug-likeness (QED) is 0.695. The molecule has 15 heavy (non-hydrogen) atoms. The average molecular weight is 212 g/mol. The molecule has 1 fully saturated rings. The lowest BCUT2D eigenvalue weighted by Crippen LogP contribution is -2.32. The molecule has 4 nitrogen and oxygen atoms in total. The van der Waals surface area contributed by atoms with Crippen molar-refractivity contribution in [1.29, 1.82) is 0 Å². The van der Waals surface area contributed by atoms with Crippen molar-refractivity contribution in [3.8, 4) is 0 Å². The summed E-state index contributed by atoms with van der Waals surface area (Å²) >= 11 is 0. The van der Waals surface area contributed by atoms with E-state index in [1.807, 2.05) is 6.92 Å². The Morgan fingerprint density at radius 1 is 1.60 bits per heavy atom. The van der Waals surface area contributed by atoms with Gasteiger partial charge >= 0.3 is 5.97 Å². The summed E-state index contributed by atoms with van der Waals surface area (Å²) in [5.41, 5.74) is 0.918. The lowest BCUT2D eigenvalue weighted by Gasteiger charge is -2.20. The van der Waals surface area contributed by atoms with Gasteiger partial charge in [0.2, 0.25) is 0 Å². The van der Waals surface area contributed by atoms with Gasteiger partial charge in [-0.15, -0.1) is 0 Å². The molecular weight excluding hydrogens is 192 g/mol. The number of likely N-dealkylation sites (tertiary alicyclic amines) is 1. The first-order valence-corrected chi connectivity index (χ1v) is 5.28. The van der Waals surface area contributed by atoms with Crippen molar-refractivity contribution in [1.82, 2.24) is 9.80 Å². The smallest absolute Gasteiger partial charge is 0.328 e. The first-order valence-electron chi connectivity index (χ1n) is 5.28. The van der Waals surface area contributed by atoms with Crippen LogP contribution in [0.25, 0.3) is 0 Å².